The van der Waals surface area contributed by atoms with Crippen LogP contribution in [0.4, 0.5) is 5.82 Å². The average molecular weight is 238 g/mol. The summed E-state index contributed by atoms with van der Waals surface area (Å²) in [5, 5.41) is 0. The van der Waals surface area contributed by atoms with Gasteiger partial charge in [0.15, 0.2) is 0 Å². The average Bonchev–Trinajstić information content (AvgIpc) is 2.36. The second-order valence-electron chi connectivity index (χ2n) is 3.09. The lowest BCUT2D eigenvalue weighted by molar-refractivity contribution is -0.141. The predicted octanol–water partition coefficient (Wildman–Crippen LogP) is 0.616. The van der Waals surface area contributed by atoms with Gasteiger partial charge in [0.05, 0.1) is 19.9 Å². The van der Waals surface area contributed by atoms with E-state index < -0.39 is 5.97 Å². The molecule has 0 saturated carbocycles. The molecular weight excluding hydrogens is 224 g/mol. The second-order valence-corrected chi connectivity index (χ2v) is 3.09. The van der Waals surface area contributed by atoms with Gasteiger partial charge in [0.25, 0.3) is 0 Å². The number of hydrogen-bond acceptors (Lipinski definition) is 5. The fraction of sp³-hybridized carbons (Fsp3) is 0.364. The number of pyridine rings is 1. The van der Waals surface area contributed by atoms with E-state index >= 15 is 0 Å². The lowest BCUT2D eigenvalue weighted by atomic mass is 10.4. The van der Waals surface area contributed by atoms with Gasteiger partial charge in [-0.05, 0) is 19.1 Å². The van der Waals surface area contributed by atoms with Crippen LogP contribution in [0.3, 0.4) is 0 Å². The van der Waals surface area contributed by atoms with Gasteiger partial charge in [0.2, 0.25) is 6.41 Å². The highest BCUT2D eigenvalue weighted by molar-refractivity contribution is 5.84. The molecule has 1 amide bonds. The maximum atomic E-state index is 11.2. The van der Waals surface area contributed by atoms with Crippen molar-refractivity contribution in [3.8, 4) is 5.75 Å². The van der Waals surface area contributed by atoms with Crippen molar-refractivity contribution in [2.24, 2.45) is 0 Å². The molecule has 0 aliphatic heterocycles. The van der Waals surface area contributed by atoms with Gasteiger partial charge in [-0.25, -0.2) is 4.98 Å². The van der Waals surface area contributed by atoms with Gasteiger partial charge in [0, 0.05) is 0 Å². The maximum Gasteiger partial charge on any atom is 0.326 e. The molecule has 1 heterocycles. The summed E-state index contributed by atoms with van der Waals surface area (Å²) in [7, 11) is 1.52. The maximum absolute atomic E-state index is 11.2. The summed E-state index contributed by atoms with van der Waals surface area (Å²) in [6.45, 7) is 1.83. The Morgan fingerprint density at radius 3 is 2.76 bits per heavy atom. The predicted molar refractivity (Wildman–Crippen MR) is 60.8 cm³/mol. The molecule has 1 rings (SSSR count). The van der Waals surface area contributed by atoms with Crippen LogP contribution >= 0.6 is 0 Å². The van der Waals surface area contributed by atoms with E-state index in [2.05, 4.69) is 4.98 Å². The van der Waals surface area contributed by atoms with Gasteiger partial charge in [-0.3, -0.25) is 14.5 Å². The fourth-order valence-corrected chi connectivity index (χ4v) is 1.18. The van der Waals surface area contributed by atoms with E-state index in [-0.39, 0.29) is 13.2 Å². The van der Waals surface area contributed by atoms with E-state index in [1.807, 2.05) is 0 Å². The highest BCUT2D eigenvalue weighted by Crippen LogP contribution is 2.14. The van der Waals surface area contributed by atoms with Crippen LogP contribution in [0.2, 0.25) is 0 Å². The van der Waals surface area contributed by atoms with Crippen LogP contribution in [0, 0.1) is 0 Å². The molecule has 0 radical (unpaired) electrons. The number of esters is 1. The Hall–Kier alpha value is -2.11. The molecule has 1 aromatic heterocycles. The van der Waals surface area contributed by atoms with Gasteiger partial charge >= 0.3 is 5.97 Å². The normalized spacial score (nSPS) is 9.53. The van der Waals surface area contributed by atoms with Crippen LogP contribution in [0.25, 0.3) is 0 Å². The molecule has 6 nitrogen and oxygen atoms in total. The summed E-state index contributed by atoms with van der Waals surface area (Å²) in [5.41, 5.74) is 0. The molecule has 0 spiro atoms. The Bertz CT molecular complexity index is 378. The van der Waals surface area contributed by atoms with Crippen LogP contribution in [0.5, 0.6) is 5.75 Å². The van der Waals surface area contributed by atoms with Crippen molar-refractivity contribution in [1.82, 2.24) is 4.98 Å². The molecule has 0 unspecified atom stereocenters. The molecule has 17 heavy (non-hydrogen) atoms. The molecule has 0 aliphatic rings. The van der Waals surface area contributed by atoms with E-state index in [4.69, 9.17) is 9.47 Å². The first-order valence-corrected chi connectivity index (χ1v) is 5.08. The summed E-state index contributed by atoms with van der Waals surface area (Å²) >= 11 is 0. The number of aromatic nitrogens is 1. The standard InChI is InChI=1S/C11H14N2O4/c1-3-17-11(15)7-13(8-14)10-5-4-9(16-2)6-12-10/h4-6,8H,3,7H2,1-2H3. The number of carbonyl (C=O) groups is 2. The van der Waals surface area contributed by atoms with Crippen molar-refractivity contribution >= 4 is 18.2 Å². The van der Waals surface area contributed by atoms with E-state index in [9.17, 15) is 9.59 Å². The van der Waals surface area contributed by atoms with Crippen LogP contribution in [0.15, 0.2) is 18.3 Å². The van der Waals surface area contributed by atoms with E-state index in [1.165, 1.54) is 13.3 Å². The summed E-state index contributed by atoms with van der Waals surface area (Å²) in [6.07, 6.45) is 2.00. The highest BCUT2D eigenvalue weighted by atomic mass is 16.5. The van der Waals surface area contributed by atoms with Gasteiger partial charge in [-0.15, -0.1) is 0 Å². The highest BCUT2D eigenvalue weighted by Gasteiger charge is 2.12. The first-order chi connectivity index (χ1) is 8.21. The monoisotopic (exact) mass is 238 g/mol. The second kappa shape index (κ2) is 6.47. The molecule has 6 heteroatoms. The third-order valence-electron chi connectivity index (χ3n) is 1.98. The Kier molecular flexibility index (Phi) is 4.93. The summed E-state index contributed by atoms with van der Waals surface area (Å²) in [6, 6.07) is 3.25. The zero-order chi connectivity index (χ0) is 12.7. The lowest BCUT2D eigenvalue weighted by Gasteiger charge is -2.15. The number of rotatable bonds is 6. The minimum atomic E-state index is -0.475. The van der Waals surface area contributed by atoms with Crippen LogP contribution in [-0.2, 0) is 14.3 Å². The minimum absolute atomic E-state index is 0.156. The lowest BCUT2D eigenvalue weighted by Crippen LogP contribution is -2.30. The first kappa shape index (κ1) is 13.0. The van der Waals surface area contributed by atoms with Crippen molar-refractivity contribution in [2.75, 3.05) is 25.2 Å². The summed E-state index contributed by atoms with van der Waals surface area (Å²) < 4.78 is 9.69. The number of amides is 1. The smallest absolute Gasteiger partial charge is 0.326 e. The molecule has 0 aromatic carbocycles. The molecule has 0 N–H and O–H groups in total. The van der Waals surface area contributed by atoms with Crippen molar-refractivity contribution < 1.29 is 19.1 Å². The van der Waals surface area contributed by atoms with E-state index in [0.29, 0.717) is 18.0 Å². The molecule has 0 saturated heterocycles. The van der Waals surface area contributed by atoms with Crippen molar-refractivity contribution in [3.63, 3.8) is 0 Å². The minimum Gasteiger partial charge on any atom is -0.495 e. The molecule has 0 bridgehead atoms. The van der Waals surface area contributed by atoms with E-state index in [1.54, 1.807) is 19.1 Å². The van der Waals surface area contributed by atoms with Crippen molar-refractivity contribution in [1.29, 1.82) is 0 Å². The number of hydrogen-bond donors (Lipinski definition) is 0. The topological polar surface area (TPSA) is 68.7 Å². The van der Waals surface area contributed by atoms with Gasteiger partial charge < -0.3 is 9.47 Å². The third-order valence-corrected chi connectivity index (χ3v) is 1.98. The Morgan fingerprint density at radius 1 is 1.53 bits per heavy atom. The van der Waals surface area contributed by atoms with Crippen LogP contribution < -0.4 is 9.64 Å². The number of anilines is 1. The summed E-state index contributed by atoms with van der Waals surface area (Å²) in [5.74, 6) is 0.474. The molecule has 92 valence electrons. The van der Waals surface area contributed by atoms with Gasteiger partial charge in [-0.2, -0.15) is 0 Å². The Labute approximate surface area is 99.2 Å². The van der Waals surface area contributed by atoms with Gasteiger partial charge in [0.1, 0.15) is 18.1 Å². The summed E-state index contributed by atoms with van der Waals surface area (Å²) in [4.78, 5) is 27.2. The molecule has 1 aromatic rings. The van der Waals surface area contributed by atoms with E-state index in [0.717, 1.165) is 4.90 Å². The van der Waals surface area contributed by atoms with Gasteiger partial charge in [-0.1, -0.05) is 0 Å². The number of nitrogens with zero attached hydrogens (tertiary/aromatic N) is 2. The molecule has 0 fully saturated rings. The molecule has 0 atom stereocenters. The largest absolute Gasteiger partial charge is 0.495 e. The van der Waals surface area contributed by atoms with Crippen molar-refractivity contribution in [3.05, 3.63) is 18.3 Å². The zero-order valence-corrected chi connectivity index (χ0v) is 9.75. The third kappa shape index (κ3) is 3.75. The van der Waals surface area contributed by atoms with Crippen LogP contribution in [-0.4, -0.2) is 37.6 Å². The molecular formula is C11H14N2O4. The Morgan fingerprint density at radius 2 is 2.29 bits per heavy atom. The molecule has 0 aliphatic carbocycles. The van der Waals surface area contributed by atoms with Crippen molar-refractivity contribution in [2.45, 2.75) is 6.92 Å². The quantitative estimate of drug-likeness (QED) is 0.536. The number of carbonyl (C=O) groups excluding carboxylic acids is 2. The first-order valence-electron chi connectivity index (χ1n) is 5.08. The van der Waals surface area contributed by atoms with Crippen LogP contribution in [0.1, 0.15) is 6.92 Å². The SMILES string of the molecule is CCOC(=O)CN(C=O)c1ccc(OC)cn1. The number of ether oxygens (including phenoxy) is 2. The Balaban J connectivity index is 2.72. The fourth-order valence-electron chi connectivity index (χ4n) is 1.18. The zero-order valence-electron chi connectivity index (χ0n) is 9.75. The number of methoxy groups -OCH3 is 1.